The van der Waals surface area contributed by atoms with E-state index in [-0.39, 0.29) is 68.5 Å². The number of carbonyl (C=O) groups excluding carboxylic acids is 2. The minimum atomic E-state index is -0.938. The van der Waals surface area contributed by atoms with Crippen LogP contribution in [0.5, 0.6) is 0 Å². The zero-order chi connectivity index (χ0) is 5.86. The monoisotopic (exact) mass is 206 g/mol. The molecule has 0 aliphatic heterocycles. The molecular formula is C2H6CuKN3O2. The molecule has 0 aliphatic rings. The summed E-state index contributed by atoms with van der Waals surface area (Å²) in [5.74, 6) is 0. The van der Waals surface area contributed by atoms with Crippen LogP contribution in [0.15, 0.2) is 0 Å². The molecule has 53 valence electrons. The first-order chi connectivity index (χ1) is 3.13. The number of rotatable bonds is 0. The van der Waals surface area contributed by atoms with Crippen molar-refractivity contribution in [2.24, 2.45) is 11.5 Å². The zero-order valence-corrected chi connectivity index (χ0v) is 4.71. The van der Waals surface area contributed by atoms with Crippen LogP contribution in [0.1, 0.15) is 0 Å². The molecule has 5 N–H and O–H groups in total. The Morgan fingerprint density at radius 2 is 1.33 bits per heavy atom. The van der Waals surface area contributed by atoms with Gasteiger partial charge in [0.2, 0.25) is 0 Å². The van der Waals surface area contributed by atoms with Crippen LogP contribution in [0.25, 0.3) is 0 Å². The van der Waals surface area contributed by atoms with Crippen molar-refractivity contribution in [1.82, 2.24) is 5.32 Å². The average Bonchev–Trinajstić information content (AvgIpc) is 1.27. The van der Waals surface area contributed by atoms with Gasteiger partial charge in [-0.05, 0) is 0 Å². The van der Waals surface area contributed by atoms with E-state index in [0.717, 1.165) is 0 Å². The van der Waals surface area contributed by atoms with E-state index in [9.17, 15) is 9.59 Å². The van der Waals surface area contributed by atoms with Crippen molar-refractivity contribution in [2.75, 3.05) is 0 Å². The van der Waals surface area contributed by atoms with Crippen LogP contribution in [-0.2, 0) is 17.1 Å². The van der Waals surface area contributed by atoms with Crippen LogP contribution < -0.4 is 16.8 Å². The minimum absolute atomic E-state index is 0. The summed E-state index contributed by atoms with van der Waals surface area (Å²) in [4.78, 5) is 19.2. The van der Waals surface area contributed by atoms with Crippen LogP contribution in [-0.4, -0.2) is 63.4 Å². The molecule has 4 amide bonds. The van der Waals surface area contributed by atoms with E-state index < -0.39 is 12.1 Å². The van der Waals surface area contributed by atoms with E-state index in [4.69, 9.17) is 0 Å². The maximum absolute atomic E-state index is 9.62. The molecule has 0 aromatic carbocycles. The van der Waals surface area contributed by atoms with Gasteiger partial charge in [-0.2, -0.15) is 0 Å². The van der Waals surface area contributed by atoms with Gasteiger partial charge in [-0.1, -0.05) is 0 Å². The molecule has 0 heterocycles. The fraction of sp³-hybridized carbons (Fsp3) is 0. The molecule has 7 heteroatoms. The Balaban J connectivity index is -0.000000180. The molecule has 0 unspecified atom stereocenters. The van der Waals surface area contributed by atoms with E-state index in [0.29, 0.717) is 0 Å². The number of amides is 4. The summed E-state index contributed by atoms with van der Waals surface area (Å²) < 4.78 is 0. The summed E-state index contributed by atoms with van der Waals surface area (Å²) in [5.41, 5.74) is 8.88. The Morgan fingerprint density at radius 1 is 1.11 bits per heavy atom. The van der Waals surface area contributed by atoms with E-state index in [1.54, 1.807) is 5.32 Å². The number of nitrogens with two attached hydrogens (primary N) is 2. The van der Waals surface area contributed by atoms with Gasteiger partial charge in [0.05, 0.1) is 0 Å². The van der Waals surface area contributed by atoms with Crippen LogP contribution >= 0.6 is 0 Å². The van der Waals surface area contributed by atoms with Gasteiger partial charge in [-0.15, -0.1) is 0 Å². The van der Waals surface area contributed by atoms with Crippen molar-refractivity contribution < 1.29 is 26.7 Å². The van der Waals surface area contributed by atoms with E-state index in [1.807, 2.05) is 0 Å². The quantitative estimate of drug-likeness (QED) is 0.403. The SMILES string of the molecule is NC(=O)NC(N)=O.[Cu].[KH]. The van der Waals surface area contributed by atoms with E-state index >= 15 is 0 Å². The molecule has 0 fully saturated rings. The number of hydrogen-bond acceptors (Lipinski definition) is 2. The number of nitrogens with one attached hydrogen (secondary N) is 1. The van der Waals surface area contributed by atoms with Crippen molar-refractivity contribution in [3.63, 3.8) is 0 Å². The Kier molecular flexibility index (Phi) is 16.3. The molecule has 0 aromatic rings. The molecule has 0 saturated carbocycles. The first-order valence-electron chi connectivity index (χ1n) is 1.49. The van der Waals surface area contributed by atoms with Crippen molar-refractivity contribution in [1.29, 1.82) is 0 Å². The van der Waals surface area contributed by atoms with Gasteiger partial charge < -0.3 is 11.5 Å². The van der Waals surface area contributed by atoms with Crippen LogP contribution in [0.2, 0.25) is 0 Å². The Bertz CT molecular complexity index is 96.0. The van der Waals surface area contributed by atoms with Crippen molar-refractivity contribution in [3.8, 4) is 0 Å². The first kappa shape index (κ1) is 16.5. The predicted octanol–water partition coefficient (Wildman–Crippen LogP) is -1.92. The van der Waals surface area contributed by atoms with E-state index in [1.165, 1.54) is 0 Å². The average molecular weight is 207 g/mol. The third kappa shape index (κ3) is 17.6. The normalized spacial score (nSPS) is 5.78. The number of urea groups is 2. The molecule has 0 aromatic heterocycles. The maximum atomic E-state index is 9.62. The second-order valence-electron chi connectivity index (χ2n) is 0.854. The second kappa shape index (κ2) is 8.90. The zero-order valence-electron chi connectivity index (χ0n) is 3.77. The van der Waals surface area contributed by atoms with Gasteiger partial charge >= 0.3 is 63.4 Å². The van der Waals surface area contributed by atoms with Gasteiger partial charge in [-0.25, -0.2) is 9.59 Å². The summed E-state index contributed by atoms with van der Waals surface area (Å²) in [6, 6.07) is -1.88. The van der Waals surface area contributed by atoms with Crippen LogP contribution in [0.4, 0.5) is 9.59 Å². The van der Waals surface area contributed by atoms with Crippen molar-refractivity contribution in [3.05, 3.63) is 0 Å². The molecule has 0 rings (SSSR count). The number of primary amides is 2. The third-order valence-corrected chi connectivity index (χ3v) is 0.246. The molecule has 5 nitrogen and oxygen atoms in total. The number of imide groups is 1. The number of hydrogen-bond donors (Lipinski definition) is 3. The fourth-order valence-corrected chi connectivity index (χ4v) is 0.121. The molecular weight excluding hydrogens is 201 g/mol. The predicted molar refractivity (Wildman–Crippen MR) is 29.5 cm³/mol. The summed E-state index contributed by atoms with van der Waals surface area (Å²) in [6.45, 7) is 0. The van der Waals surface area contributed by atoms with Crippen LogP contribution in [0, 0.1) is 0 Å². The van der Waals surface area contributed by atoms with Gasteiger partial charge in [0.15, 0.2) is 0 Å². The molecule has 0 spiro atoms. The molecule has 0 bridgehead atoms. The van der Waals surface area contributed by atoms with Crippen LogP contribution in [0.3, 0.4) is 0 Å². The molecule has 1 radical (unpaired) electrons. The molecule has 0 saturated heterocycles. The van der Waals surface area contributed by atoms with Crippen molar-refractivity contribution >= 4 is 63.4 Å². The third-order valence-electron chi connectivity index (χ3n) is 0.246. The van der Waals surface area contributed by atoms with Gasteiger partial charge in [0, 0.05) is 17.1 Å². The summed E-state index contributed by atoms with van der Waals surface area (Å²) in [7, 11) is 0. The Morgan fingerprint density at radius 3 is 1.33 bits per heavy atom. The van der Waals surface area contributed by atoms with E-state index in [2.05, 4.69) is 11.5 Å². The second-order valence-corrected chi connectivity index (χ2v) is 0.854. The fourth-order valence-electron chi connectivity index (χ4n) is 0.121. The standard InChI is InChI=1S/C2H5N3O2.Cu.K.H/c3-1(6)5-2(4)7;;;/h(H5,3,4,5,6,7);;;. The summed E-state index contributed by atoms with van der Waals surface area (Å²) in [5, 5.41) is 1.58. The Labute approximate surface area is 105 Å². The molecule has 9 heavy (non-hydrogen) atoms. The topological polar surface area (TPSA) is 98.2 Å². The first-order valence-corrected chi connectivity index (χ1v) is 1.49. The summed E-state index contributed by atoms with van der Waals surface area (Å²) in [6.07, 6.45) is 0. The van der Waals surface area contributed by atoms with Gasteiger partial charge in [0.25, 0.3) is 0 Å². The molecule has 0 aliphatic carbocycles. The summed E-state index contributed by atoms with van der Waals surface area (Å²) >= 11 is 0. The van der Waals surface area contributed by atoms with Gasteiger partial charge in [0.1, 0.15) is 0 Å². The van der Waals surface area contributed by atoms with Gasteiger partial charge in [-0.3, -0.25) is 5.32 Å². The Hall–Kier alpha value is 0.896. The van der Waals surface area contributed by atoms with Crippen molar-refractivity contribution in [2.45, 2.75) is 0 Å². The number of carbonyl (C=O) groups is 2. The molecule has 0 atom stereocenters.